The highest BCUT2D eigenvalue weighted by Gasteiger charge is 2.55. The first-order valence-electron chi connectivity index (χ1n) is 8.53. The molecule has 0 radical (unpaired) electrons. The van der Waals surface area contributed by atoms with E-state index in [2.05, 4.69) is 13.0 Å². The van der Waals surface area contributed by atoms with E-state index in [4.69, 9.17) is 5.26 Å². The average Bonchev–Trinajstić information content (AvgIpc) is 2.44. The molecule has 2 heteroatoms. The summed E-state index contributed by atoms with van der Waals surface area (Å²) in [5, 5.41) is 8.87. The quantitative estimate of drug-likeness (QED) is 0.755. The van der Waals surface area contributed by atoms with Gasteiger partial charge in [-0.25, -0.2) is 0 Å². The lowest BCUT2D eigenvalue weighted by atomic mass is 9.44. The predicted octanol–water partition coefficient (Wildman–Crippen LogP) is 4.74. The molecule has 0 spiro atoms. The molecule has 0 heterocycles. The molecule has 0 aliphatic heterocycles. The fraction of sp³-hybridized carbons (Fsp3) is 0.600. The zero-order chi connectivity index (χ0) is 15.4. The van der Waals surface area contributed by atoms with Crippen LogP contribution < -0.4 is 0 Å². The number of nitriles is 1. The maximum Gasteiger partial charge on any atom is 0.163 e. The van der Waals surface area contributed by atoms with Crippen molar-refractivity contribution in [3.63, 3.8) is 0 Å². The maximum atomic E-state index is 12.8. The molecular weight excluding hydrogens is 270 g/mol. The molecule has 4 saturated carbocycles. The Balaban J connectivity index is 1.55. The summed E-state index contributed by atoms with van der Waals surface area (Å²) in [4.78, 5) is 12.8. The average molecular weight is 293 g/mol. The Morgan fingerprint density at radius 3 is 2.36 bits per heavy atom. The van der Waals surface area contributed by atoms with Crippen LogP contribution in [0.4, 0.5) is 0 Å². The van der Waals surface area contributed by atoms with E-state index in [0.29, 0.717) is 17.4 Å². The molecule has 2 nitrogen and oxygen atoms in total. The molecule has 114 valence electrons. The van der Waals surface area contributed by atoms with Crippen LogP contribution in [-0.4, -0.2) is 5.78 Å². The third kappa shape index (κ3) is 2.28. The maximum absolute atomic E-state index is 12.8. The minimum atomic E-state index is 0.268. The van der Waals surface area contributed by atoms with Crippen LogP contribution in [0, 0.1) is 34.0 Å². The van der Waals surface area contributed by atoms with Crippen LogP contribution in [-0.2, 0) is 0 Å². The second-order valence-electron chi connectivity index (χ2n) is 8.56. The fourth-order valence-corrected chi connectivity index (χ4v) is 6.31. The van der Waals surface area contributed by atoms with E-state index in [1.165, 1.54) is 38.5 Å². The van der Waals surface area contributed by atoms with Gasteiger partial charge in [-0.15, -0.1) is 0 Å². The summed E-state index contributed by atoms with van der Waals surface area (Å²) in [5.74, 6) is 2.00. The zero-order valence-corrected chi connectivity index (χ0v) is 13.3. The molecule has 0 aromatic heterocycles. The molecule has 2 unspecified atom stereocenters. The normalized spacial score (nSPS) is 38.7. The molecule has 22 heavy (non-hydrogen) atoms. The standard InChI is InChI=1S/C20H23NO/c1-19-7-15-6-16(8-19)10-20(9-15,13-19)11-18(22)17-4-2-14(12-21)3-5-17/h2-5,15-16H,6-11,13H2,1H3/t15-,16+,19?,20?. The minimum Gasteiger partial charge on any atom is -0.294 e. The molecule has 4 fully saturated rings. The van der Waals surface area contributed by atoms with Gasteiger partial charge in [-0.2, -0.15) is 5.26 Å². The van der Waals surface area contributed by atoms with Crippen molar-refractivity contribution in [2.24, 2.45) is 22.7 Å². The van der Waals surface area contributed by atoms with E-state index in [-0.39, 0.29) is 11.2 Å². The summed E-state index contributed by atoms with van der Waals surface area (Å²) in [6.07, 6.45) is 8.66. The highest BCUT2D eigenvalue weighted by Crippen LogP contribution is 2.66. The number of rotatable bonds is 3. The molecule has 4 aliphatic rings. The fourth-order valence-electron chi connectivity index (χ4n) is 6.31. The number of carbonyl (C=O) groups is 1. The van der Waals surface area contributed by atoms with Gasteiger partial charge in [0.1, 0.15) is 0 Å². The number of benzene rings is 1. The Bertz CT molecular complexity index is 637. The lowest BCUT2D eigenvalue weighted by Gasteiger charge is -2.61. The number of hydrogen-bond acceptors (Lipinski definition) is 2. The highest BCUT2D eigenvalue weighted by molar-refractivity contribution is 5.96. The van der Waals surface area contributed by atoms with E-state index in [9.17, 15) is 4.79 Å². The van der Waals surface area contributed by atoms with Crippen molar-refractivity contribution in [2.75, 3.05) is 0 Å². The van der Waals surface area contributed by atoms with Crippen molar-refractivity contribution in [3.05, 3.63) is 35.4 Å². The summed E-state index contributed by atoms with van der Waals surface area (Å²) >= 11 is 0. The van der Waals surface area contributed by atoms with Crippen LogP contribution in [0.3, 0.4) is 0 Å². The summed E-state index contributed by atoms with van der Waals surface area (Å²) < 4.78 is 0. The van der Waals surface area contributed by atoms with Crippen molar-refractivity contribution in [1.29, 1.82) is 5.26 Å². The summed E-state index contributed by atoms with van der Waals surface area (Å²) in [6.45, 7) is 2.45. The lowest BCUT2D eigenvalue weighted by molar-refractivity contribution is -0.100. The smallest absolute Gasteiger partial charge is 0.163 e. The van der Waals surface area contributed by atoms with Gasteiger partial charge in [0.05, 0.1) is 11.6 Å². The molecule has 4 bridgehead atoms. The SMILES string of the molecule is CC12C[C@H]3C[C@@H](C1)CC(CC(=O)c1ccc(C#N)cc1)(C3)C2. The van der Waals surface area contributed by atoms with Crippen molar-refractivity contribution in [1.82, 2.24) is 0 Å². The van der Waals surface area contributed by atoms with Crippen molar-refractivity contribution in [3.8, 4) is 6.07 Å². The Labute approximate surface area is 132 Å². The van der Waals surface area contributed by atoms with E-state index in [1.54, 1.807) is 12.1 Å². The first-order chi connectivity index (χ1) is 10.5. The van der Waals surface area contributed by atoms with Gasteiger partial charge < -0.3 is 0 Å². The number of hydrogen-bond donors (Lipinski definition) is 0. The Morgan fingerprint density at radius 2 is 1.82 bits per heavy atom. The molecule has 0 amide bonds. The number of ketones is 1. The third-order valence-corrected chi connectivity index (χ3v) is 6.35. The van der Waals surface area contributed by atoms with Gasteiger partial charge in [-0.05, 0) is 73.3 Å². The van der Waals surface area contributed by atoms with Gasteiger partial charge in [0, 0.05) is 12.0 Å². The minimum absolute atomic E-state index is 0.268. The van der Waals surface area contributed by atoms with Gasteiger partial charge in [0.25, 0.3) is 0 Å². The van der Waals surface area contributed by atoms with Gasteiger partial charge in [-0.3, -0.25) is 4.79 Å². The molecule has 0 N–H and O–H groups in total. The lowest BCUT2D eigenvalue weighted by Crippen LogP contribution is -2.51. The summed E-state index contributed by atoms with van der Waals surface area (Å²) in [5.41, 5.74) is 2.16. The molecule has 4 atom stereocenters. The van der Waals surface area contributed by atoms with E-state index in [1.807, 2.05) is 12.1 Å². The van der Waals surface area contributed by atoms with Crippen LogP contribution in [0.2, 0.25) is 0 Å². The number of carbonyl (C=O) groups excluding carboxylic acids is 1. The second kappa shape index (κ2) is 4.69. The molecule has 0 saturated heterocycles. The molecule has 4 aliphatic carbocycles. The van der Waals surface area contributed by atoms with E-state index >= 15 is 0 Å². The Kier molecular flexibility index (Phi) is 2.98. The van der Waals surface area contributed by atoms with Crippen LogP contribution in [0.15, 0.2) is 24.3 Å². The van der Waals surface area contributed by atoms with Gasteiger partial charge >= 0.3 is 0 Å². The van der Waals surface area contributed by atoms with E-state index in [0.717, 1.165) is 17.4 Å². The van der Waals surface area contributed by atoms with Crippen LogP contribution in [0.1, 0.15) is 67.8 Å². The number of Topliss-reactive ketones (excluding diaryl/α,β-unsaturated/α-hetero) is 1. The molecule has 5 rings (SSSR count). The molecular formula is C20H23NO. The van der Waals surface area contributed by atoms with Gasteiger partial charge in [-0.1, -0.05) is 19.1 Å². The van der Waals surface area contributed by atoms with Gasteiger partial charge in [0.2, 0.25) is 0 Å². The van der Waals surface area contributed by atoms with Crippen LogP contribution in [0.5, 0.6) is 0 Å². The second-order valence-corrected chi connectivity index (χ2v) is 8.56. The largest absolute Gasteiger partial charge is 0.294 e. The highest BCUT2D eigenvalue weighted by atomic mass is 16.1. The van der Waals surface area contributed by atoms with E-state index < -0.39 is 0 Å². The monoisotopic (exact) mass is 293 g/mol. The first kappa shape index (κ1) is 14.0. The van der Waals surface area contributed by atoms with Crippen LogP contribution >= 0.6 is 0 Å². The first-order valence-corrected chi connectivity index (χ1v) is 8.53. The predicted molar refractivity (Wildman–Crippen MR) is 85.3 cm³/mol. The number of nitrogens with zero attached hydrogens (tertiary/aromatic N) is 1. The van der Waals surface area contributed by atoms with Crippen molar-refractivity contribution < 1.29 is 4.79 Å². The summed E-state index contributed by atoms with van der Waals surface area (Å²) in [6, 6.07) is 9.27. The zero-order valence-electron chi connectivity index (χ0n) is 13.3. The Hall–Kier alpha value is -1.62. The molecule has 1 aromatic carbocycles. The Morgan fingerprint density at radius 1 is 1.18 bits per heavy atom. The molecule has 1 aromatic rings. The topological polar surface area (TPSA) is 40.9 Å². The van der Waals surface area contributed by atoms with Crippen molar-refractivity contribution in [2.45, 2.75) is 51.9 Å². The van der Waals surface area contributed by atoms with Gasteiger partial charge in [0.15, 0.2) is 5.78 Å². The third-order valence-electron chi connectivity index (χ3n) is 6.35. The van der Waals surface area contributed by atoms with Crippen LogP contribution in [0.25, 0.3) is 0 Å². The summed E-state index contributed by atoms with van der Waals surface area (Å²) in [7, 11) is 0. The van der Waals surface area contributed by atoms with Crippen molar-refractivity contribution >= 4 is 5.78 Å².